The van der Waals surface area contributed by atoms with E-state index in [1.165, 1.54) is 17.0 Å². The number of aryl methyl sites for hydroxylation is 1. The molecule has 0 amide bonds. The Morgan fingerprint density at radius 1 is 1.20 bits per heavy atom. The number of halogens is 5. The Labute approximate surface area is 136 Å². The van der Waals surface area contributed by atoms with Crippen LogP contribution in [0.15, 0.2) is 34.8 Å². The summed E-state index contributed by atoms with van der Waals surface area (Å²) >= 11 is 8.74. The van der Waals surface area contributed by atoms with Crippen molar-refractivity contribution < 1.29 is 13.2 Å². The summed E-state index contributed by atoms with van der Waals surface area (Å²) in [5.74, 6) is 0. The van der Waals surface area contributed by atoms with Gasteiger partial charge in [-0.25, -0.2) is 0 Å². The molecule has 108 valence electrons. The van der Waals surface area contributed by atoms with Crippen LogP contribution in [-0.4, -0.2) is 0 Å². The zero-order chi connectivity index (χ0) is 14.9. The first-order valence-electron chi connectivity index (χ1n) is 5.83. The molecule has 2 aromatic rings. The SMILES string of the molecule is Cc1sc(C(Br)Cc2ccc(C(F)(F)F)cc2)cc1Br. The number of hydrogen-bond acceptors (Lipinski definition) is 1. The van der Waals surface area contributed by atoms with Gasteiger partial charge in [0.1, 0.15) is 0 Å². The summed E-state index contributed by atoms with van der Waals surface area (Å²) in [5.41, 5.74) is 0.268. The Morgan fingerprint density at radius 2 is 1.80 bits per heavy atom. The van der Waals surface area contributed by atoms with Gasteiger partial charge in [0.05, 0.1) is 10.4 Å². The summed E-state index contributed by atoms with van der Waals surface area (Å²) in [6.45, 7) is 2.02. The highest BCUT2D eigenvalue weighted by Crippen LogP contribution is 2.37. The van der Waals surface area contributed by atoms with Gasteiger partial charge in [0.25, 0.3) is 0 Å². The first kappa shape index (κ1) is 16.0. The van der Waals surface area contributed by atoms with Gasteiger partial charge in [0.2, 0.25) is 0 Å². The van der Waals surface area contributed by atoms with Crippen molar-refractivity contribution in [2.75, 3.05) is 0 Å². The van der Waals surface area contributed by atoms with Crippen molar-refractivity contribution in [1.82, 2.24) is 0 Å². The second-order valence-electron chi connectivity index (χ2n) is 4.42. The Morgan fingerprint density at radius 3 is 2.25 bits per heavy atom. The van der Waals surface area contributed by atoms with Gasteiger partial charge in [-0.15, -0.1) is 11.3 Å². The third kappa shape index (κ3) is 3.86. The molecule has 0 fully saturated rings. The monoisotopic (exact) mass is 426 g/mol. The van der Waals surface area contributed by atoms with E-state index < -0.39 is 11.7 Å². The molecule has 1 heterocycles. The molecule has 0 radical (unpaired) electrons. The zero-order valence-corrected chi connectivity index (χ0v) is 14.5. The Bertz CT molecular complexity index is 568. The van der Waals surface area contributed by atoms with E-state index in [9.17, 15) is 13.2 Å². The van der Waals surface area contributed by atoms with E-state index in [2.05, 4.69) is 31.9 Å². The zero-order valence-electron chi connectivity index (χ0n) is 10.5. The first-order chi connectivity index (χ1) is 9.27. The van der Waals surface area contributed by atoms with Crippen LogP contribution in [0, 0.1) is 6.92 Å². The average Bonchev–Trinajstić information content (AvgIpc) is 2.69. The van der Waals surface area contributed by atoms with E-state index in [0.717, 1.165) is 27.0 Å². The number of rotatable bonds is 3. The molecule has 0 saturated carbocycles. The summed E-state index contributed by atoms with van der Waals surface area (Å²) in [7, 11) is 0. The fraction of sp³-hybridized carbons (Fsp3) is 0.286. The highest BCUT2D eigenvalue weighted by atomic mass is 79.9. The number of alkyl halides is 4. The third-order valence-electron chi connectivity index (χ3n) is 2.88. The first-order valence-corrected chi connectivity index (χ1v) is 8.36. The normalized spacial score (nSPS) is 13.5. The maximum atomic E-state index is 12.5. The number of thiophene rings is 1. The van der Waals surface area contributed by atoms with E-state index in [1.807, 2.05) is 13.0 Å². The van der Waals surface area contributed by atoms with Crippen LogP contribution in [0.2, 0.25) is 0 Å². The molecule has 0 aliphatic rings. The van der Waals surface area contributed by atoms with Gasteiger partial charge in [-0.05, 0) is 53.0 Å². The molecule has 1 aromatic carbocycles. The van der Waals surface area contributed by atoms with E-state index in [4.69, 9.17) is 0 Å². The van der Waals surface area contributed by atoms with Crippen LogP contribution < -0.4 is 0 Å². The standard InChI is InChI=1S/C14H11Br2F3S/c1-8-11(15)7-13(20-8)12(16)6-9-2-4-10(5-3-9)14(17,18)19/h2-5,7,12H,6H2,1H3. The van der Waals surface area contributed by atoms with Crippen LogP contribution >= 0.6 is 43.2 Å². The van der Waals surface area contributed by atoms with E-state index >= 15 is 0 Å². The van der Waals surface area contributed by atoms with E-state index in [1.54, 1.807) is 11.3 Å². The highest BCUT2D eigenvalue weighted by molar-refractivity contribution is 9.10. The molecule has 0 spiro atoms. The Kier molecular flexibility index (Phi) is 4.97. The van der Waals surface area contributed by atoms with Gasteiger partial charge in [0.15, 0.2) is 0 Å². The minimum atomic E-state index is -4.28. The molecule has 20 heavy (non-hydrogen) atoms. The van der Waals surface area contributed by atoms with Crippen molar-refractivity contribution in [2.24, 2.45) is 0 Å². The quantitative estimate of drug-likeness (QED) is 0.489. The van der Waals surface area contributed by atoms with Gasteiger partial charge in [-0.3, -0.25) is 0 Å². The average molecular weight is 428 g/mol. The molecular formula is C14H11Br2F3S. The third-order valence-corrected chi connectivity index (χ3v) is 6.25. The van der Waals surface area contributed by atoms with Crippen molar-refractivity contribution in [3.05, 3.63) is 55.7 Å². The van der Waals surface area contributed by atoms with Crippen molar-refractivity contribution in [2.45, 2.75) is 24.3 Å². The molecule has 0 aliphatic heterocycles. The summed E-state index contributed by atoms with van der Waals surface area (Å²) in [6, 6.07) is 7.37. The summed E-state index contributed by atoms with van der Waals surface area (Å²) in [4.78, 5) is 2.46. The Balaban J connectivity index is 2.10. The predicted molar refractivity (Wildman–Crippen MR) is 83.6 cm³/mol. The molecule has 2 rings (SSSR count). The lowest BCUT2D eigenvalue weighted by Gasteiger charge is -2.10. The minimum Gasteiger partial charge on any atom is -0.166 e. The van der Waals surface area contributed by atoms with Crippen LogP contribution in [-0.2, 0) is 12.6 Å². The molecule has 6 heteroatoms. The highest BCUT2D eigenvalue weighted by Gasteiger charge is 2.30. The van der Waals surface area contributed by atoms with E-state index in [-0.39, 0.29) is 4.83 Å². The van der Waals surface area contributed by atoms with Gasteiger partial charge in [0, 0.05) is 14.2 Å². The summed E-state index contributed by atoms with van der Waals surface area (Å²) in [6.07, 6.45) is -3.62. The lowest BCUT2D eigenvalue weighted by Crippen LogP contribution is -2.04. The Hall–Kier alpha value is -0.330. The van der Waals surface area contributed by atoms with Gasteiger partial charge in [-0.1, -0.05) is 28.1 Å². The molecular weight excluding hydrogens is 417 g/mol. The largest absolute Gasteiger partial charge is 0.416 e. The van der Waals surface area contributed by atoms with Crippen LogP contribution in [0.3, 0.4) is 0 Å². The molecule has 0 N–H and O–H groups in total. The molecule has 0 bridgehead atoms. The van der Waals surface area contributed by atoms with Crippen LogP contribution in [0.5, 0.6) is 0 Å². The maximum absolute atomic E-state index is 12.5. The second-order valence-corrected chi connectivity index (χ2v) is 7.67. The lowest BCUT2D eigenvalue weighted by molar-refractivity contribution is -0.137. The number of benzene rings is 1. The molecule has 1 unspecified atom stereocenters. The van der Waals surface area contributed by atoms with Crippen molar-refractivity contribution in [3.8, 4) is 0 Å². The van der Waals surface area contributed by atoms with Crippen molar-refractivity contribution >= 4 is 43.2 Å². The van der Waals surface area contributed by atoms with Crippen molar-refractivity contribution in [1.29, 1.82) is 0 Å². The summed E-state index contributed by atoms with van der Waals surface area (Å²) in [5, 5.41) is 0. The molecule has 1 aromatic heterocycles. The lowest BCUT2D eigenvalue weighted by atomic mass is 10.1. The molecule has 0 nitrogen and oxygen atoms in total. The van der Waals surface area contributed by atoms with Gasteiger partial charge < -0.3 is 0 Å². The fourth-order valence-corrected chi connectivity index (χ4v) is 4.10. The van der Waals surface area contributed by atoms with Gasteiger partial charge in [-0.2, -0.15) is 13.2 Å². The second kappa shape index (κ2) is 6.20. The van der Waals surface area contributed by atoms with Crippen molar-refractivity contribution in [3.63, 3.8) is 0 Å². The van der Waals surface area contributed by atoms with E-state index in [0.29, 0.717) is 6.42 Å². The fourth-order valence-electron chi connectivity index (χ4n) is 1.77. The smallest absolute Gasteiger partial charge is 0.166 e. The van der Waals surface area contributed by atoms with Crippen LogP contribution in [0.4, 0.5) is 13.2 Å². The van der Waals surface area contributed by atoms with Gasteiger partial charge >= 0.3 is 6.18 Å². The van der Waals surface area contributed by atoms with Crippen LogP contribution in [0.1, 0.15) is 25.7 Å². The maximum Gasteiger partial charge on any atom is 0.416 e. The minimum absolute atomic E-state index is 0.106. The number of hydrogen-bond donors (Lipinski definition) is 0. The molecule has 1 atom stereocenters. The molecule has 0 aliphatic carbocycles. The summed E-state index contributed by atoms with van der Waals surface area (Å²) < 4.78 is 38.5. The molecule has 0 saturated heterocycles. The van der Waals surface area contributed by atoms with Crippen LogP contribution in [0.25, 0.3) is 0 Å². The predicted octanol–water partition coefficient (Wildman–Crippen LogP) is 6.52. The topological polar surface area (TPSA) is 0 Å².